The van der Waals surface area contributed by atoms with Crippen LogP contribution in [0.25, 0.3) is 11.5 Å². The van der Waals surface area contributed by atoms with Crippen LogP contribution in [0.1, 0.15) is 24.8 Å². The molecule has 3 rings (SSSR count). The van der Waals surface area contributed by atoms with Gasteiger partial charge >= 0.3 is 0 Å². The summed E-state index contributed by atoms with van der Waals surface area (Å²) >= 11 is 6.21. The van der Waals surface area contributed by atoms with E-state index >= 15 is 0 Å². The van der Waals surface area contributed by atoms with Crippen LogP contribution >= 0.6 is 11.6 Å². The average molecular weight is 449 g/mol. The molecule has 0 spiro atoms. The minimum Gasteiger partial charge on any atom is -0.419 e. The van der Waals surface area contributed by atoms with E-state index in [-0.39, 0.29) is 4.90 Å². The van der Waals surface area contributed by atoms with Gasteiger partial charge in [0.15, 0.2) is 0 Å². The van der Waals surface area contributed by atoms with Crippen LogP contribution in [0.3, 0.4) is 0 Å². The van der Waals surface area contributed by atoms with E-state index in [2.05, 4.69) is 22.0 Å². The fourth-order valence-corrected chi connectivity index (χ4v) is 4.24. The molecule has 0 saturated carbocycles. The third kappa shape index (κ3) is 5.26. The molecule has 1 aromatic heterocycles. The number of aromatic nitrogens is 2. The topological polar surface area (TPSA) is 79.5 Å². The number of sulfonamides is 1. The van der Waals surface area contributed by atoms with Gasteiger partial charge < -0.3 is 4.42 Å². The highest BCUT2D eigenvalue weighted by Crippen LogP contribution is 2.26. The Hall–Kier alpha value is -2.26. The zero-order chi connectivity index (χ0) is 21.7. The van der Waals surface area contributed by atoms with Gasteiger partial charge in [-0.05, 0) is 42.8 Å². The maximum Gasteiger partial charge on any atom is 0.249 e. The van der Waals surface area contributed by atoms with Crippen LogP contribution in [0.5, 0.6) is 0 Å². The highest BCUT2D eigenvalue weighted by atomic mass is 35.5. The van der Waals surface area contributed by atoms with Crippen LogP contribution in [0, 0.1) is 0 Å². The van der Waals surface area contributed by atoms with E-state index in [1.807, 2.05) is 24.3 Å². The molecular formula is C21H25ClN4O3S. The predicted octanol–water partition coefficient (Wildman–Crippen LogP) is 4.05. The van der Waals surface area contributed by atoms with E-state index in [4.69, 9.17) is 16.0 Å². The Morgan fingerprint density at radius 3 is 2.50 bits per heavy atom. The van der Waals surface area contributed by atoms with Crippen molar-refractivity contribution in [3.63, 3.8) is 0 Å². The molecular weight excluding hydrogens is 424 g/mol. The van der Waals surface area contributed by atoms with Crippen LogP contribution in [-0.4, -0.2) is 48.5 Å². The van der Waals surface area contributed by atoms with Crippen LogP contribution in [0.4, 0.5) is 0 Å². The van der Waals surface area contributed by atoms with Gasteiger partial charge in [0.25, 0.3) is 0 Å². The van der Waals surface area contributed by atoms with E-state index < -0.39 is 10.0 Å². The molecule has 3 aromatic rings. The summed E-state index contributed by atoms with van der Waals surface area (Å²) in [6.45, 7) is 3.90. The van der Waals surface area contributed by atoms with Crippen molar-refractivity contribution in [2.45, 2.75) is 31.3 Å². The SMILES string of the molecule is CCCN(Cc1cccc(S(=O)(=O)N(C)C)c1)Cc1nnc(-c2ccccc2Cl)o1. The van der Waals surface area contributed by atoms with Gasteiger partial charge in [0, 0.05) is 20.6 Å². The maximum absolute atomic E-state index is 12.4. The second-order valence-corrected chi connectivity index (χ2v) is 9.69. The number of hydrogen-bond donors (Lipinski definition) is 0. The summed E-state index contributed by atoms with van der Waals surface area (Å²) in [5.41, 5.74) is 1.60. The van der Waals surface area contributed by atoms with Crippen molar-refractivity contribution >= 4 is 21.6 Å². The molecule has 0 aliphatic heterocycles. The summed E-state index contributed by atoms with van der Waals surface area (Å²) in [6, 6.07) is 14.3. The molecule has 1 heterocycles. The summed E-state index contributed by atoms with van der Waals surface area (Å²) in [7, 11) is -0.426. The lowest BCUT2D eigenvalue weighted by Gasteiger charge is -2.20. The maximum atomic E-state index is 12.4. The predicted molar refractivity (Wildman–Crippen MR) is 116 cm³/mol. The van der Waals surface area contributed by atoms with Crippen molar-refractivity contribution < 1.29 is 12.8 Å². The first kappa shape index (κ1) is 22.4. The molecule has 0 amide bonds. The summed E-state index contributed by atoms with van der Waals surface area (Å²) in [6.07, 6.45) is 0.932. The molecule has 0 N–H and O–H groups in total. The third-order valence-corrected chi connectivity index (χ3v) is 6.69. The highest BCUT2D eigenvalue weighted by molar-refractivity contribution is 7.89. The molecule has 0 bridgehead atoms. The monoisotopic (exact) mass is 448 g/mol. The molecule has 0 fully saturated rings. The standard InChI is InChI=1S/C21H25ClN4O3S/c1-4-12-26(14-16-8-7-9-17(13-16)30(27,28)25(2)3)15-20-23-24-21(29-20)18-10-5-6-11-19(18)22/h5-11,13H,4,12,14-15H2,1-3H3. The van der Waals surface area contributed by atoms with Crippen LogP contribution in [0.15, 0.2) is 57.8 Å². The molecule has 0 radical (unpaired) electrons. The van der Waals surface area contributed by atoms with Crippen molar-refractivity contribution in [2.75, 3.05) is 20.6 Å². The number of nitrogens with zero attached hydrogens (tertiary/aromatic N) is 4. The Morgan fingerprint density at radius 1 is 1.03 bits per heavy atom. The van der Waals surface area contributed by atoms with Crippen LogP contribution in [0.2, 0.25) is 5.02 Å². The Kier molecular flexibility index (Phi) is 7.25. The van der Waals surface area contributed by atoms with E-state index in [1.54, 1.807) is 24.3 Å². The Morgan fingerprint density at radius 2 is 1.80 bits per heavy atom. The summed E-state index contributed by atoms with van der Waals surface area (Å²) < 4.78 is 31.9. The van der Waals surface area contributed by atoms with Gasteiger partial charge in [-0.15, -0.1) is 10.2 Å². The van der Waals surface area contributed by atoms with Crippen molar-refractivity contribution in [1.29, 1.82) is 0 Å². The minimum absolute atomic E-state index is 0.278. The fourth-order valence-electron chi connectivity index (χ4n) is 3.06. The van der Waals surface area contributed by atoms with Gasteiger partial charge in [0.2, 0.25) is 21.8 Å². The smallest absolute Gasteiger partial charge is 0.249 e. The highest BCUT2D eigenvalue weighted by Gasteiger charge is 2.19. The van der Waals surface area contributed by atoms with Gasteiger partial charge in [-0.25, -0.2) is 12.7 Å². The average Bonchev–Trinajstić information content (AvgIpc) is 3.17. The quantitative estimate of drug-likeness (QED) is 0.491. The van der Waals surface area contributed by atoms with Gasteiger partial charge in [-0.3, -0.25) is 4.90 Å². The van der Waals surface area contributed by atoms with Crippen molar-refractivity contribution in [3.8, 4) is 11.5 Å². The van der Waals surface area contributed by atoms with E-state index in [0.717, 1.165) is 18.5 Å². The molecule has 0 saturated heterocycles. The van der Waals surface area contributed by atoms with Crippen molar-refractivity contribution in [1.82, 2.24) is 19.4 Å². The van der Waals surface area contributed by atoms with Crippen molar-refractivity contribution in [2.24, 2.45) is 0 Å². The molecule has 2 aromatic carbocycles. The summed E-state index contributed by atoms with van der Waals surface area (Å²) in [5.74, 6) is 0.863. The Labute approximate surface area is 182 Å². The molecule has 7 nitrogen and oxygen atoms in total. The van der Waals surface area contributed by atoms with Gasteiger partial charge in [-0.2, -0.15) is 0 Å². The van der Waals surface area contributed by atoms with Gasteiger partial charge in [0.1, 0.15) is 0 Å². The molecule has 0 aliphatic carbocycles. The van der Waals surface area contributed by atoms with Crippen LogP contribution < -0.4 is 0 Å². The first-order chi connectivity index (χ1) is 14.3. The van der Waals surface area contributed by atoms with Crippen molar-refractivity contribution in [3.05, 3.63) is 65.0 Å². The van der Waals surface area contributed by atoms with E-state index in [9.17, 15) is 8.42 Å². The van der Waals surface area contributed by atoms with Gasteiger partial charge in [-0.1, -0.05) is 42.8 Å². The van der Waals surface area contributed by atoms with Gasteiger partial charge in [0.05, 0.1) is 22.0 Å². The number of benzene rings is 2. The normalized spacial score (nSPS) is 12.1. The number of hydrogen-bond acceptors (Lipinski definition) is 6. The Bertz CT molecular complexity index is 1100. The summed E-state index contributed by atoms with van der Waals surface area (Å²) in [5, 5.41) is 8.83. The molecule has 160 valence electrons. The zero-order valence-electron chi connectivity index (χ0n) is 17.2. The lowest BCUT2D eigenvalue weighted by Crippen LogP contribution is -2.25. The zero-order valence-corrected chi connectivity index (χ0v) is 18.8. The second-order valence-electron chi connectivity index (χ2n) is 7.13. The molecule has 0 unspecified atom stereocenters. The number of halogens is 1. The lowest BCUT2D eigenvalue weighted by molar-refractivity contribution is 0.232. The number of rotatable bonds is 9. The first-order valence-electron chi connectivity index (χ1n) is 9.62. The molecule has 9 heteroatoms. The van der Waals surface area contributed by atoms with E-state index in [0.29, 0.717) is 35.5 Å². The lowest BCUT2D eigenvalue weighted by atomic mass is 10.2. The molecule has 0 aliphatic rings. The molecule has 30 heavy (non-hydrogen) atoms. The Balaban J connectivity index is 1.77. The first-order valence-corrected chi connectivity index (χ1v) is 11.4. The summed E-state index contributed by atoms with van der Waals surface area (Å²) in [4.78, 5) is 2.42. The minimum atomic E-state index is -3.48. The molecule has 0 atom stereocenters. The second kappa shape index (κ2) is 9.70. The fraction of sp³-hybridized carbons (Fsp3) is 0.333. The van der Waals surface area contributed by atoms with E-state index in [1.165, 1.54) is 18.4 Å². The third-order valence-electron chi connectivity index (χ3n) is 4.55. The largest absolute Gasteiger partial charge is 0.419 e. The van der Waals surface area contributed by atoms with Crippen LogP contribution in [-0.2, 0) is 23.1 Å².